The summed E-state index contributed by atoms with van der Waals surface area (Å²) in [5.74, 6) is 2.75. The summed E-state index contributed by atoms with van der Waals surface area (Å²) >= 11 is 3.67. The fourth-order valence-corrected chi connectivity index (χ4v) is 5.15. The molecular formula is C16H20N4OS2. The van der Waals surface area contributed by atoms with Gasteiger partial charge in [-0.2, -0.15) is 11.8 Å². The molecule has 0 saturated carbocycles. The second-order valence-electron chi connectivity index (χ2n) is 6.04. The highest BCUT2D eigenvalue weighted by molar-refractivity contribution is 7.99. The van der Waals surface area contributed by atoms with Crippen molar-refractivity contribution in [3.63, 3.8) is 0 Å². The lowest BCUT2D eigenvalue weighted by Crippen LogP contribution is -2.45. The molecule has 2 fully saturated rings. The van der Waals surface area contributed by atoms with Crippen LogP contribution in [0.1, 0.15) is 12.8 Å². The summed E-state index contributed by atoms with van der Waals surface area (Å²) in [5.41, 5.74) is 0.969. The third kappa shape index (κ3) is 3.17. The average Bonchev–Trinajstić information content (AvgIpc) is 3.06. The zero-order valence-electron chi connectivity index (χ0n) is 13.0. The highest BCUT2D eigenvalue weighted by Crippen LogP contribution is 2.31. The molecule has 2 aromatic heterocycles. The first-order valence-corrected chi connectivity index (χ1v) is 10.1. The first-order chi connectivity index (χ1) is 11.3. The van der Waals surface area contributed by atoms with E-state index in [2.05, 4.69) is 19.8 Å². The lowest BCUT2D eigenvalue weighted by molar-refractivity contribution is -0.135. The minimum Gasteiger partial charge on any atom is -0.348 e. The number of nitrogens with zero attached hydrogens (tertiary/aromatic N) is 4. The molecule has 0 spiro atoms. The van der Waals surface area contributed by atoms with Gasteiger partial charge in [0.25, 0.3) is 0 Å². The number of fused-ring (bicyclic) bond motifs is 1. The molecule has 2 aromatic rings. The molecule has 2 aliphatic heterocycles. The zero-order valence-corrected chi connectivity index (χ0v) is 14.6. The predicted molar refractivity (Wildman–Crippen MR) is 96.3 cm³/mol. The summed E-state index contributed by atoms with van der Waals surface area (Å²) in [6, 6.07) is 2.02. The molecule has 0 aliphatic carbocycles. The van der Waals surface area contributed by atoms with Crippen molar-refractivity contribution in [3.05, 3.63) is 18.5 Å². The van der Waals surface area contributed by atoms with E-state index in [4.69, 9.17) is 0 Å². The molecule has 0 atom stereocenters. The Morgan fingerprint density at radius 3 is 2.70 bits per heavy atom. The number of hydrogen-bond acceptors (Lipinski definition) is 6. The molecule has 7 heteroatoms. The van der Waals surface area contributed by atoms with Gasteiger partial charge in [-0.05, 0) is 18.9 Å². The number of amides is 1. The number of thioether (sulfide) groups is 1. The number of carbonyl (C=O) groups excluding carboxylic acids is 1. The Morgan fingerprint density at radius 1 is 1.17 bits per heavy atom. The number of rotatable bonds is 2. The van der Waals surface area contributed by atoms with Crippen LogP contribution in [0.2, 0.25) is 0 Å². The SMILES string of the molecule is O=C(C1CCN(c2nc3cnccc3s2)CC1)N1CCSCC1. The van der Waals surface area contributed by atoms with Crippen molar-refractivity contribution in [3.8, 4) is 0 Å². The largest absolute Gasteiger partial charge is 0.348 e. The highest BCUT2D eigenvalue weighted by Gasteiger charge is 2.30. The van der Waals surface area contributed by atoms with Gasteiger partial charge in [0, 0.05) is 49.8 Å². The van der Waals surface area contributed by atoms with E-state index in [0.29, 0.717) is 5.91 Å². The number of anilines is 1. The van der Waals surface area contributed by atoms with Gasteiger partial charge in [0.2, 0.25) is 5.91 Å². The second-order valence-corrected chi connectivity index (χ2v) is 8.27. The van der Waals surface area contributed by atoms with Gasteiger partial charge < -0.3 is 9.80 Å². The van der Waals surface area contributed by atoms with E-state index in [-0.39, 0.29) is 5.92 Å². The number of pyridine rings is 1. The summed E-state index contributed by atoms with van der Waals surface area (Å²) in [7, 11) is 0. The molecule has 4 rings (SSSR count). The van der Waals surface area contributed by atoms with Crippen molar-refractivity contribution in [2.75, 3.05) is 42.6 Å². The lowest BCUT2D eigenvalue weighted by atomic mass is 9.95. The van der Waals surface area contributed by atoms with E-state index in [9.17, 15) is 4.79 Å². The van der Waals surface area contributed by atoms with Crippen LogP contribution in [0.5, 0.6) is 0 Å². The second kappa shape index (κ2) is 6.65. The van der Waals surface area contributed by atoms with Crippen molar-refractivity contribution in [1.29, 1.82) is 0 Å². The van der Waals surface area contributed by atoms with Crippen molar-refractivity contribution >= 4 is 44.4 Å². The van der Waals surface area contributed by atoms with E-state index < -0.39 is 0 Å². The Balaban J connectivity index is 1.39. The van der Waals surface area contributed by atoms with Crippen molar-refractivity contribution in [2.24, 2.45) is 5.92 Å². The van der Waals surface area contributed by atoms with Crippen LogP contribution in [0.3, 0.4) is 0 Å². The van der Waals surface area contributed by atoms with E-state index in [1.165, 1.54) is 4.70 Å². The molecule has 2 aliphatic rings. The fraction of sp³-hybridized carbons (Fsp3) is 0.562. The van der Waals surface area contributed by atoms with Gasteiger partial charge in [-0.3, -0.25) is 9.78 Å². The van der Waals surface area contributed by atoms with Crippen LogP contribution in [0, 0.1) is 5.92 Å². The molecule has 0 unspecified atom stereocenters. The molecule has 4 heterocycles. The van der Waals surface area contributed by atoms with Gasteiger partial charge in [-0.25, -0.2) is 4.98 Å². The van der Waals surface area contributed by atoms with Crippen LogP contribution >= 0.6 is 23.1 Å². The van der Waals surface area contributed by atoms with Crippen LogP contribution in [-0.4, -0.2) is 58.5 Å². The lowest BCUT2D eigenvalue weighted by Gasteiger charge is -2.35. The zero-order chi connectivity index (χ0) is 15.6. The first kappa shape index (κ1) is 15.2. The van der Waals surface area contributed by atoms with E-state index in [1.807, 2.05) is 30.2 Å². The minimum atomic E-state index is 0.199. The number of aromatic nitrogens is 2. The molecule has 5 nitrogen and oxygen atoms in total. The normalized spacial score (nSPS) is 20.2. The summed E-state index contributed by atoms with van der Waals surface area (Å²) in [6.07, 6.45) is 5.51. The number of piperidine rings is 1. The van der Waals surface area contributed by atoms with E-state index in [0.717, 1.165) is 61.2 Å². The molecule has 0 bridgehead atoms. The van der Waals surface area contributed by atoms with Gasteiger partial charge in [0.05, 0.1) is 10.9 Å². The summed E-state index contributed by atoms with van der Waals surface area (Å²) in [5, 5.41) is 1.06. The Hall–Kier alpha value is -1.34. The predicted octanol–water partition coefficient (Wildman–Crippen LogP) is 2.48. The maximum absolute atomic E-state index is 12.6. The molecule has 0 aromatic carbocycles. The molecule has 23 heavy (non-hydrogen) atoms. The first-order valence-electron chi connectivity index (χ1n) is 8.13. The molecule has 2 saturated heterocycles. The maximum Gasteiger partial charge on any atom is 0.225 e. The number of carbonyl (C=O) groups is 1. The van der Waals surface area contributed by atoms with Gasteiger partial charge in [0.15, 0.2) is 5.13 Å². The molecular weight excluding hydrogens is 328 g/mol. The standard InChI is InChI=1S/C16H20N4OS2/c21-15(19-7-9-22-10-8-19)12-2-5-20(6-3-12)16-18-13-11-17-4-1-14(13)23-16/h1,4,11-12H,2-3,5-10H2. The average molecular weight is 348 g/mol. The summed E-state index contributed by atoms with van der Waals surface area (Å²) < 4.78 is 1.18. The topological polar surface area (TPSA) is 49.3 Å². The summed E-state index contributed by atoms with van der Waals surface area (Å²) in [4.78, 5) is 25.8. The van der Waals surface area contributed by atoms with Gasteiger partial charge in [-0.15, -0.1) is 0 Å². The maximum atomic E-state index is 12.6. The van der Waals surface area contributed by atoms with Crippen LogP contribution < -0.4 is 4.90 Å². The van der Waals surface area contributed by atoms with Crippen molar-refractivity contribution in [2.45, 2.75) is 12.8 Å². The van der Waals surface area contributed by atoms with Crippen LogP contribution in [0.15, 0.2) is 18.5 Å². The molecule has 0 N–H and O–H groups in total. The Bertz CT molecular complexity index is 657. The van der Waals surface area contributed by atoms with E-state index >= 15 is 0 Å². The summed E-state index contributed by atoms with van der Waals surface area (Å²) in [6.45, 7) is 3.70. The quantitative estimate of drug-likeness (QED) is 0.834. The smallest absolute Gasteiger partial charge is 0.225 e. The Morgan fingerprint density at radius 2 is 1.96 bits per heavy atom. The third-order valence-corrected chi connectivity index (χ3v) is 6.66. The monoisotopic (exact) mass is 348 g/mol. The Labute approximate surface area is 144 Å². The molecule has 1 amide bonds. The Kier molecular flexibility index (Phi) is 4.39. The van der Waals surface area contributed by atoms with Crippen LogP contribution in [-0.2, 0) is 4.79 Å². The number of thiazole rings is 1. The van der Waals surface area contributed by atoms with Crippen LogP contribution in [0.4, 0.5) is 5.13 Å². The van der Waals surface area contributed by atoms with Gasteiger partial charge >= 0.3 is 0 Å². The van der Waals surface area contributed by atoms with E-state index in [1.54, 1.807) is 11.3 Å². The highest BCUT2D eigenvalue weighted by atomic mass is 32.2. The molecule has 122 valence electrons. The molecule has 0 radical (unpaired) electrons. The minimum absolute atomic E-state index is 0.199. The third-order valence-electron chi connectivity index (χ3n) is 4.62. The van der Waals surface area contributed by atoms with Crippen molar-refractivity contribution in [1.82, 2.24) is 14.9 Å². The van der Waals surface area contributed by atoms with Crippen molar-refractivity contribution < 1.29 is 4.79 Å². The van der Waals surface area contributed by atoms with Gasteiger partial charge in [-0.1, -0.05) is 11.3 Å². The number of hydrogen-bond donors (Lipinski definition) is 0. The fourth-order valence-electron chi connectivity index (χ4n) is 3.26. The van der Waals surface area contributed by atoms with Crippen LogP contribution in [0.25, 0.3) is 10.2 Å². The van der Waals surface area contributed by atoms with Gasteiger partial charge in [0.1, 0.15) is 5.52 Å².